The van der Waals surface area contributed by atoms with Gasteiger partial charge in [0.15, 0.2) is 0 Å². The molecule has 1 saturated heterocycles. The van der Waals surface area contributed by atoms with Crippen LogP contribution in [-0.2, 0) is 11.3 Å². The van der Waals surface area contributed by atoms with Gasteiger partial charge in [0.05, 0.1) is 0 Å². The minimum Gasteiger partial charge on any atom is -0.352 e. The lowest BCUT2D eigenvalue weighted by molar-refractivity contribution is -0.121. The van der Waals surface area contributed by atoms with Crippen LogP contribution in [0.1, 0.15) is 31.2 Å². The molecular formula is C18H23N3O2. The Morgan fingerprint density at radius 1 is 1.22 bits per heavy atom. The maximum Gasteiger partial charge on any atom is 0.248 e. The van der Waals surface area contributed by atoms with E-state index in [9.17, 15) is 9.59 Å². The molecule has 2 heterocycles. The molecule has 5 nitrogen and oxygen atoms in total. The number of aromatic amines is 1. The first-order valence-electron chi connectivity index (χ1n) is 8.31. The standard InChI is InChI=1S/C18H23N3O2/c22-17(6-5-13-7-9-19-10-8-13)20-12-14-11-18(23)21-16-4-2-1-3-15(14)16/h1-4,11,13,19H,5-10,12H2,(H,20,22)(H,21,23). The molecule has 1 aliphatic rings. The molecule has 23 heavy (non-hydrogen) atoms. The molecule has 3 N–H and O–H groups in total. The summed E-state index contributed by atoms with van der Waals surface area (Å²) in [6.45, 7) is 2.52. The largest absolute Gasteiger partial charge is 0.352 e. The number of fused-ring (bicyclic) bond motifs is 1. The van der Waals surface area contributed by atoms with Gasteiger partial charge in [0.1, 0.15) is 0 Å². The van der Waals surface area contributed by atoms with Gasteiger partial charge in [0.25, 0.3) is 0 Å². The average molecular weight is 313 g/mol. The van der Waals surface area contributed by atoms with Crippen LogP contribution in [0.2, 0.25) is 0 Å². The lowest BCUT2D eigenvalue weighted by Gasteiger charge is -2.22. The van der Waals surface area contributed by atoms with Crippen molar-refractivity contribution in [3.8, 4) is 0 Å². The first kappa shape index (κ1) is 15.7. The highest BCUT2D eigenvalue weighted by molar-refractivity contribution is 5.82. The summed E-state index contributed by atoms with van der Waals surface area (Å²) >= 11 is 0. The Balaban J connectivity index is 1.57. The van der Waals surface area contributed by atoms with Gasteiger partial charge in [-0.15, -0.1) is 0 Å². The summed E-state index contributed by atoms with van der Waals surface area (Å²) in [7, 11) is 0. The lowest BCUT2D eigenvalue weighted by Crippen LogP contribution is -2.29. The first-order valence-corrected chi connectivity index (χ1v) is 8.31. The average Bonchev–Trinajstić information content (AvgIpc) is 2.58. The number of rotatable bonds is 5. The predicted octanol–water partition coefficient (Wildman–Crippen LogP) is 1.92. The summed E-state index contributed by atoms with van der Waals surface area (Å²) in [6, 6.07) is 9.22. The van der Waals surface area contributed by atoms with Crippen molar-refractivity contribution >= 4 is 16.8 Å². The van der Waals surface area contributed by atoms with E-state index in [-0.39, 0.29) is 11.5 Å². The fourth-order valence-corrected chi connectivity index (χ4v) is 3.21. The minimum atomic E-state index is -0.136. The van der Waals surface area contributed by atoms with Crippen molar-refractivity contribution in [3.05, 3.63) is 46.2 Å². The van der Waals surface area contributed by atoms with Gasteiger partial charge in [-0.05, 0) is 49.9 Å². The van der Waals surface area contributed by atoms with Crippen LogP contribution < -0.4 is 16.2 Å². The molecule has 1 aromatic heterocycles. The number of hydrogen-bond donors (Lipinski definition) is 3. The van der Waals surface area contributed by atoms with Crippen LogP contribution in [0.5, 0.6) is 0 Å². The second-order valence-electron chi connectivity index (χ2n) is 6.21. The molecule has 1 aromatic carbocycles. The fraction of sp³-hybridized carbons (Fsp3) is 0.444. The summed E-state index contributed by atoms with van der Waals surface area (Å²) in [5, 5.41) is 7.27. The van der Waals surface area contributed by atoms with Crippen molar-refractivity contribution in [2.24, 2.45) is 5.92 Å². The van der Waals surface area contributed by atoms with Gasteiger partial charge in [-0.25, -0.2) is 0 Å². The molecule has 0 bridgehead atoms. The van der Waals surface area contributed by atoms with Gasteiger partial charge in [-0.1, -0.05) is 18.2 Å². The number of pyridine rings is 1. The van der Waals surface area contributed by atoms with Crippen LogP contribution in [0.15, 0.2) is 35.1 Å². The van der Waals surface area contributed by atoms with E-state index in [1.54, 1.807) is 6.07 Å². The summed E-state index contributed by atoms with van der Waals surface area (Å²) in [5.74, 6) is 0.718. The number of piperidine rings is 1. The number of aromatic nitrogens is 1. The molecule has 3 rings (SSSR count). The number of nitrogens with one attached hydrogen (secondary N) is 3. The molecule has 0 atom stereocenters. The van der Waals surface area contributed by atoms with Crippen molar-refractivity contribution in [3.63, 3.8) is 0 Å². The van der Waals surface area contributed by atoms with E-state index in [1.807, 2.05) is 24.3 Å². The van der Waals surface area contributed by atoms with Crippen LogP contribution in [0.4, 0.5) is 0 Å². The highest BCUT2D eigenvalue weighted by Crippen LogP contribution is 2.18. The van der Waals surface area contributed by atoms with E-state index in [0.29, 0.717) is 18.9 Å². The number of para-hydroxylation sites is 1. The van der Waals surface area contributed by atoms with E-state index >= 15 is 0 Å². The summed E-state index contributed by atoms with van der Waals surface area (Å²) in [6.07, 6.45) is 3.83. The van der Waals surface area contributed by atoms with E-state index in [0.717, 1.165) is 48.8 Å². The summed E-state index contributed by atoms with van der Waals surface area (Å²) < 4.78 is 0. The Bertz CT molecular complexity index is 732. The van der Waals surface area contributed by atoms with E-state index in [2.05, 4.69) is 15.6 Å². The Hall–Kier alpha value is -2.14. The van der Waals surface area contributed by atoms with E-state index < -0.39 is 0 Å². The van der Waals surface area contributed by atoms with Gasteiger partial charge in [0, 0.05) is 29.9 Å². The first-order chi connectivity index (χ1) is 11.2. The van der Waals surface area contributed by atoms with Gasteiger partial charge >= 0.3 is 0 Å². The molecule has 1 amide bonds. The molecule has 0 saturated carbocycles. The molecule has 0 spiro atoms. The normalized spacial score (nSPS) is 15.7. The molecule has 1 aliphatic heterocycles. The van der Waals surface area contributed by atoms with Crippen LogP contribution in [0.3, 0.4) is 0 Å². The Kier molecular flexibility index (Phi) is 5.08. The molecule has 1 fully saturated rings. The van der Waals surface area contributed by atoms with Crippen molar-refractivity contribution in [2.75, 3.05) is 13.1 Å². The third-order valence-corrected chi connectivity index (χ3v) is 4.55. The predicted molar refractivity (Wildman–Crippen MR) is 91.2 cm³/mol. The molecule has 5 heteroatoms. The number of carbonyl (C=O) groups excluding carboxylic acids is 1. The third kappa shape index (κ3) is 4.20. The molecule has 122 valence electrons. The monoisotopic (exact) mass is 313 g/mol. The SMILES string of the molecule is O=C(CCC1CCNCC1)NCc1cc(=O)[nH]c2ccccc12. The summed E-state index contributed by atoms with van der Waals surface area (Å²) in [5.41, 5.74) is 1.53. The smallest absolute Gasteiger partial charge is 0.248 e. The van der Waals surface area contributed by atoms with E-state index in [4.69, 9.17) is 0 Å². The van der Waals surface area contributed by atoms with Crippen molar-refractivity contribution in [2.45, 2.75) is 32.2 Å². The van der Waals surface area contributed by atoms with Crippen LogP contribution in [0, 0.1) is 5.92 Å². The highest BCUT2D eigenvalue weighted by atomic mass is 16.1. The second kappa shape index (κ2) is 7.42. The molecule has 0 aliphatic carbocycles. The number of hydrogen-bond acceptors (Lipinski definition) is 3. The highest BCUT2D eigenvalue weighted by Gasteiger charge is 2.14. The van der Waals surface area contributed by atoms with Gasteiger partial charge in [-0.3, -0.25) is 9.59 Å². The Morgan fingerprint density at radius 2 is 2.00 bits per heavy atom. The van der Waals surface area contributed by atoms with Gasteiger partial charge < -0.3 is 15.6 Å². The van der Waals surface area contributed by atoms with Gasteiger partial charge in [-0.2, -0.15) is 0 Å². The summed E-state index contributed by atoms with van der Waals surface area (Å²) in [4.78, 5) is 26.6. The molecular weight excluding hydrogens is 290 g/mol. The zero-order valence-electron chi connectivity index (χ0n) is 13.2. The van der Waals surface area contributed by atoms with Crippen LogP contribution >= 0.6 is 0 Å². The Labute approximate surface area is 135 Å². The topological polar surface area (TPSA) is 74.0 Å². The Morgan fingerprint density at radius 3 is 2.83 bits per heavy atom. The van der Waals surface area contributed by atoms with Crippen molar-refractivity contribution in [1.29, 1.82) is 0 Å². The molecule has 0 unspecified atom stereocenters. The van der Waals surface area contributed by atoms with Gasteiger partial charge in [0.2, 0.25) is 11.5 Å². The number of H-pyrrole nitrogens is 1. The van der Waals surface area contributed by atoms with Crippen LogP contribution in [0.25, 0.3) is 10.9 Å². The number of benzene rings is 1. The maximum atomic E-state index is 12.1. The second-order valence-corrected chi connectivity index (χ2v) is 6.21. The fourth-order valence-electron chi connectivity index (χ4n) is 3.21. The van der Waals surface area contributed by atoms with E-state index in [1.165, 1.54) is 0 Å². The zero-order chi connectivity index (χ0) is 16.1. The van der Waals surface area contributed by atoms with Crippen LogP contribution in [-0.4, -0.2) is 24.0 Å². The maximum absolute atomic E-state index is 12.1. The minimum absolute atomic E-state index is 0.0629. The third-order valence-electron chi connectivity index (χ3n) is 4.55. The van der Waals surface area contributed by atoms with Crippen molar-refractivity contribution in [1.82, 2.24) is 15.6 Å². The number of carbonyl (C=O) groups is 1. The lowest BCUT2D eigenvalue weighted by atomic mass is 9.93. The molecule has 0 radical (unpaired) electrons. The zero-order valence-corrected chi connectivity index (χ0v) is 13.2. The quantitative estimate of drug-likeness (QED) is 0.789. The number of amides is 1. The van der Waals surface area contributed by atoms with Crippen molar-refractivity contribution < 1.29 is 4.79 Å². The molecule has 2 aromatic rings.